The van der Waals surface area contributed by atoms with Crippen LogP contribution >= 0.6 is 0 Å². The highest BCUT2D eigenvalue weighted by atomic mass is 16.5. The van der Waals surface area contributed by atoms with Gasteiger partial charge in [0.05, 0.1) is 6.04 Å². The molecule has 0 unspecified atom stereocenters. The van der Waals surface area contributed by atoms with Gasteiger partial charge in [-0.2, -0.15) is 4.98 Å². The van der Waals surface area contributed by atoms with Crippen molar-refractivity contribution in [2.45, 2.75) is 69.7 Å². The molecule has 0 saturated heterocycles. The van der Waals surface area contributed by atoms with Crippen molar-refractivity contribution in [2.24, 2.45) is 0 Å². The van der Waals surface area contributed by atoms with Crippen molar-refractivity contribution in [3.05, 3.63) is 47.1 Å². The van der Waals surface area contributed by atoms with Gasteiger partial charge in [0.2, 0.25) is 11.8 Å². The maximum Gasteiger partial charge on any atom is 0.226 e. The molecule has 0 radical (unpaired) electrons. The molecule has 1 aromatic carbocycles. The zero-order valence-corrected chi connectivity index (χ0v) is 14.5. The molecule has 0 aliphatic heterocycles. The fourth-order valence-corrected chi connectivity index (χ4v) is 3.61. The molecular formula is C20H25N3O2. The number of nitrogens with zero attached hydrogens (tertiary/aromatic N) is 2. The summed E-state index contributed by atoms with van der Waals surface area (Å²) in [5.41, 5.74) is 2.67. The van der Waals surface area contributed by atoms with E-state index in [1.165, 1.54) is 30.4 Å². The standard InChI is InChI=1S/C20H25N3O2/c24-18(10-5-11-19-22-20(23-25-19)15-12-13-15)21-17-9-4-2-7-14-6-1-3-8-16(14)17/h1,3,6,8,15,17H,2,4-5,7,9-13H2,(H,21,24)/t17-/m0/s1. The van der Waals surface area contributed by atoms with Crippen molar-refractivity contribution < 1.29 is 9.32 Å². The van der Waals surface area contributed by atoms with Crippen molar-refractivity contribution in [1.29, 1.82) is 0 Å². The van der Waals surface area contributed by atoms with E-state index in [-0.39, 0.29) is 11.9 Å². The molecule has 1 saturated carbocycles. The number of nitrogens with one attached hydrogen (secondary N) is 1. The Bertz CT molecular complexity index is 736. The van der Waals surface area contributed by atoms with Crippen LogP contribution in [0.4, 0.5) is 0 Å². The van der Waals surface area contributed by atoms with Gasteiger partial charge in [0, 0.05) is 18.8 Å². The number of hydrogen-bond acceptors (Lipinski definition) is 4. The van der Waals surface area contributed by atoms with Crippen LogP contribution < -0.4 is 5.32 Å². The van der Waals surface area contributed by atoms with Crippen LogP contribution in [0.2, 0.25) is 0 Å². The second-order valence-electron chi connectivity index (χ2n) is 7.24. The average Bonchev–Trinajstić information content (AvgIpc) is 3.40. The Morgan fingerprint density at radius 1 is 1.20 bits per heavy atom. The first kappa shape index (κ1) is 16.3. The van der Waals surface area contributed by atoms with Gasteiger partial charge in [-0.1, -0.05) is 35.8 Å². The number of aromatic nitrogens is 2. The summed E-state index contributed by atoms with van der Waals surface area (Å²) in [6.45, 7) is 0. The van der Waals surface area contributed by atoms with Gasteiger partial charge >= 0.3 is 0 Å². The smallest absolute Gasteiger partial charge is 0.226 e. The summed E-state index contributed by atoms with van der Waals surface area (Å²) in [5, 5.41) is 7.25. The predicted octanol–water partition coefficient (Wildman–Crippen LogP) is 3.85. The maximum absolute atomic E-state index is 12.4. The Hall–Kier alpha value is -2.17. The molecule has 4 rings (SSSR count). The number of benzene rings is 1. The lowest BCUT2D eigenvalue weighted by atomic mass is 9.99. The van der Waals surface area contributed by atoms with Crippen molar-refractivity contribution in [1.82, 2.24) is 15.5 Å². The summed E-state index contributed by atoms with van der Waals surface area (Å²) in [6.07, 6.45) is 8.75. The molecule has 2 aliphatic carbocycles. The molecule has 1 heterocycles. The molecule has 0 bridgehead atoms. The van der Waals surface area contributed by atoms with Crippen molar-refractivity contribution >= 4 is 5.91 Å². The van der Waals surface area contributed by atoms with Gasteiger partial charge in [0.1, 0.15) is 0 Å². The zero-order chi connectivity index (χ0) is 17.1. The molecule has 5 nitrogen and oxygen atoms in total. The molecule has 1 amide bonds. The SMILES string of the molecule is O=C(CCCc1nc(C2CC2)no1)N[C@H]1CCCCc2ccccc21. The third kappa shape index (κ3) is 4.09. The summed E-state index contributed by atoms with van der Waals surface area (Å²) in [4.78, 5) is 16.8. The second kappa shape index (κ2) is 7.38. The highest BCUT2D eigenvalue weighted by Gasteiger charge is 2.28. The van der Waals surface area contributed by atoms with E-state index in [4.69, 9.17) is 4.52 Å². The third-order valence-corrected chi connectivity index (χ3v) is 5.18. The Morgan fingerprint density at radius 2 is 2.08 bits per heavy atom. The minimum Gasteiger partial charge on any atom is -0.349 e. The Morgan fingerprint density at radius 3 is 2.96 bits per heavy atom. The first-order valence-electron chi connectivity index (χ1n) is 9.49. The summed E-state index contributed by atoms with van der Waals surface area (Å²) < 4.78 is 5.27. The molecule has 2 aliphatic rings. The van der Waals surface area contributed by atoms with Crippen LogP contribution in [0.5, 0.6) is 0 Å². The lowest BCUT2D eigenvalue weighted by Gasteiger charge is -2.19. The lowest BCUT2D eigenvalue weighted by Crippen LogP contribution is -2.28. The Kier molecular flexibility index (Phi) is 4.81. The fraction of sp³-hybridized carbons (Fsp3) is 0.550. The number of aryl methyl sites for hydroxylation is 2. The minimum atomic E-state index is 0.114. The van der Waals surface area contributed by atoms with E-state index in [1.54, 1.807) is 0 Å². The molecular weight excluding hydrogens is 314 g/mol. The minimum absolute atomic E-state index is 0.114. The molecule has 1 atom stereocenters. The van der Waals surface area contributed by atoms with E-state index in [0.29, 0.717) is 24.7 Å². The van der Waals surface area contributed by atoms with E-state index in [1.807, 2.05) is 0 Å². The van der Waals surface area contributed by atoms with E-state index >= 15 is 0 Å². The Balaban J connectivity index is 1.28. The summed E-state index contributed by atoms with van der Waals surface area (Å²) in [6, 6.07) is 8.65. The van der Waals surface area contributed by atoms with Gasteiger partial charge in [-0.25, -0.2) is 0 Å². The summed E-state index contributed by atoms with van der Waals surface area (Å²) in [7, 11) is 0. The fourth-order valence-electron chi connectivity index (χ4n) is 3.61. The van der Waals surface area contributed by atoms with Gasteiger partial charge in [-0.3, -0.25) is 4.79 Å². The van der Waals surface area contributed by atoms with Crippen LogP contribution in [0.25, 0.3) is 0 Å². The molecule has 2 aromatic rings. The first-order chi connectivity index (χ1) is 12.3. The quantitative estimate of drug-likeness (QED) is 0.812. The van der Waals surface area contributed by atoms with Crippen LogP contribution in [0.15, 0.2) is 28.8 Å². The van der Waals surface area contributed by atoms with Crippen molar-refractivity contribution in [3.63, 3.8) is 0 Å². The van der Waals surface area contributed by atoms with E-state index in [2.05, 4.69) is 39.7 Å². The van der Waals surface area contributed by atoms with Crippen LogP contribution in [0.1, 0.15) is 79.7 Å². The highest BCUT2D eigenvalue weighted by Crippen LogP contribution is 2.38. The molecule has 0 spiro atoms. The third-order valence-electron chi connectivity index (χ3n) is 5.18. The number of carbonyl (C=O) groups excluding carboxylic acids is 1. The van der Waals surface area contributed by atoms with Gasteiger partial charge in [0.15, 0.2) is 5.82 Å². The van der Waals surface area contributed by atoms with Crippen LogP contribution in [-0.4, -0.2) is 16.0 Å². The van der Waals surface area contributed by atoms with Crippen LogP contribution in [0, 0.1) is 0 Å². The van der Waals surface area contributed by atoms with E-state index in [9.17, 15) is 4.79 Å². The van der Waals surface area contributed by atoms with Gasteiger partial charge in [-0.05, 0) is 49.7 Å². The maximum atomic E-state index is 12.4. The highest BCUT2D eigenvalue weighted by molar-refractivity contribution is 5.76. The largest absolute Gasteiger partial charge is 0.349 e. The first-order valence-corrected chi connectivity index (χ1v) is 9.49. The molecule has 132 valence electrons. The number of amides is 1. The van der Waals surface area contributed by atoms with Gasteiger partial charge in [-0.15, -0.1) is 0 Å². The molecule has 25 heavy (non-hydrogen) atoms. The summed E-state index contributed by atoms with van der Waals surface area (Å²) >= 11 is 0. The number of carbonyl (C=O) groups is 1. The average molecular weight is 339 g/mol. The monoisotopic (exact) mass is 339 g/mol. The van der Waals surface area contributed by atoms with Gasteiger partial charge < -0.3 is 9.84 Å². The van der Waals surface area contributed by atoms with Gasteiger partial charge in [0.25, 0.3) is 0 Å². The predicted molar refractivity (Wildman–Crippen MR) is 94.1 cm³/mol. The van der Waals surface area contributed by atoms with Crippen LogP contribution in [-0.2, 0) is 17.6 Å². The second-order valence-corrected chi connectivity index (χ2v) is 7.24. The van der Waals surface area contributed by atoms with Crippen molar-refractivity contribution in [3.8, 4) is 0 Å². The van der Waals surface area contributed by atoms with E-state index < -0.39 is 0 Å². The summed E-state index contributed by atoms with van der Waals surface area (Å²) in [5.74, 6) is 2.13. The molecule has 1 N–H and O–H groups in total. The molecule has 1 fully saturated rings. The zero-order valence-electron chi connectivity index (χ0n) is 14.5. The normalized spacial score (nSPS) is 19.9. The topological polar surface area (TPSA) is 68.0 Å². The van der Waals surface area contributed by atoms with Crippen LogP contribution in [0.3, 0.4) is 0 Å². The molecule has 1 aromatic heterocycles. The lowest BCUT2D eigenvalue weighted by molar-refractivity contribution is -0.122. The Labute approximate surface area is 148 Å². The number of rotatable bonds is 6. The molecule has 5 heteroatoms. The van der Waals surface area contributed by atoms with E-state index in [0.717, 1.165) is 31.5 Å². The number of hydrogen-bond donors (Lipinski definition) is 1. The number of fused-ring (bicyclic) bond motifs is 1. The van der Waals surface area contributed by atoms with Crippen molar-refractivity contribution in [2.75, 3.05) is 0 Å².